The Morgan fingerprint density at radius 1 is 1.17 bits per heavy atom. The summed E-state index contributed by atoms with van der Waals surface area (Å²) in [5.74, 6) is 0.436. The van der Waals surface area contributed by atoms with Gasteiger partial charge in [0, 0.05) is 35.5 Å². The Hall–Kier alpha value is -2.43. The minimum atomic E-state index is -0.391. The van der Waals surface area contributed by atoms with E-state index in [9.17, 15) is 4.79 Å². The average Bonchev–Trinajstić information content (AvgIpc) is 2.93. The number of carbonyl (C=O) groups is 1. The molecule has 0 spiro atoms. The number of anilines is 1. The van der Waals surface area contributed by atoms with Gasteiger partial charge in [-0.2, -0.15) is 0 Å². The number of nitrogens with two attached hydrogens (primary N) is 1. The van der Waals surface area contributed by atoms with Gasteiger partial charge in [0.2, 0.25) is 11.9 Å². The Morgan fingerprint density at radius 3 is 2.70 bits per heavy atom. The van der Waals surface area contributed by atoms with Crippen LogP contribution in [0.3, 0.4) is 0 Å². The summed E-state index contributed by atoms with van der Waals surface area (Å²) in [5.41, 5.74) is 11.3. The number of aromatic nitrogens is 2. The molecule has 5 nitrogen and oxygen atoms in total. The van der Waals surface area contributed by atoms with E-state index in [0.29, 0.717) is 5.56 Å². The standard InChI is InChI=1S/C18H20N4O/c1-11-6-7-12(10-14(11)17(19)23)16-13-4-2-5-15(13)20-18(21-16)22-8-3-9-22/h6-7,10H,2-5,8-9H2,1H3,(H2,19,23). The quantitative estimate of drug-likeness (QED) is 0.944. The Balaban J connectivity index is 1.86. The maximum Gasteiger partial charge on any atom is 0.248 e. The first kappa shape index (κ1) is 14.2. The van der Waals surface area contributed by atoms with E-state index in [1.807, 2.05) is 25.1 Å². The number of benzene rings is 1. The van der Waals surface area contributed by atoms with Crippen LogP contribution in [0.4, 0.5) is 5.95 Å². The lowest BCUT2D eigenvalue weighted by molar-refractivity contribution is 0.1000. The van der Waals surface area contributed by atoms with E-state index < -0.39 is 5.91 Å². The lowest BCUT2D eigenvalue weighted by Crippen LogP contribution is -2.38. The molecule has 2 aliphatic rings. The smallest absolute Gasteiger partial charge is 0.248 e. The van der Waals surface area contributed by atoms with Crippen molar-refractivity contribution < 1.29 is 4.79 Å². The van der Waals surface area contributed by atoms with Crippen LogP contribution in [0.5, 0.6) is 0 Å². The predicted octanol–water partition coefficient (Wildman–Crippen LogP) is 2.25. The molecular weight excluding hydrogens is 288 g/mol. The molecule has 1 aromatic carbocycles. The molecule has 0 atom stereocenters. The van der Waals surface area contributed by atoms with E-state index in [2.05, 4.69) is 4.90 Å². The Labute approximate surface area is 135 Å². The molecule has 1 fully saturated rings. The highest BCUT2D eigenvalue weighted by Gasteiger charge is 2.25. The third-order valence-electron chi connectivity index (χ3n) is 4.84. The van der Waals surface area contributed by atoms with Crippen molar-refractivity contribution >= 4 is 11.9 Å². The summed E-state index contributed by atoms with van der Waals surface area (Å²) in [6.07, 6.45) is 4.34. The van der Waals surface area contributed by atoms with Gasteiger partial charge in [0.25, 0.3) is 0 Å². The highest BCUT2D eigenvalue weighted by atomic mass is 16.1. The number of nitrogens with zero attached hydrogens (tertiary/aromatic N) is 3. The Kier molecular flexibility index (Phi) is 3.29. The van der Waals surface area contributed by atoms with Gasteiger partial charge in [-0.1, -0.05) is 12.1 Å². The van der Waals surface area contributed by atoms with Crippen molar-refractivity contribution in [2.24, 2.45) is 5.73 Å². The number of carbonyl (C=O) groups excluding carboxylic acids is 1. The fourth-order valence-corrected chi connectivity index (χ4v) is 3.35. The van der Waals surface area contributed by atoms with Crippen molar-refractivity contribution in [1.82, 2.24) is 9.97 Å². The van der Waals surface area contributed by atoms with Crippen LogP contribution in [-0.2, 0) is 12.8 Å². The molecule has 2 N–H and O–H groups in total. The SMILES string of the molecule is Cc1ccc(-c2nc(N3CCC3)nc3c2CCC3)cc1C(N)=O. The third-order valence-corrected chi connectivity index (χ3v) is 4.84. The van der Waals surface area contributed by atoms with Crippen LogP contribution in [0.15, 0.2) is 18.2 Å². The van der Waals surface area contributed by atoms with Crippen LogP contribution in [0.2, 0.25) is 0 Å². The average molecular weight is 308 g/mol. The van der Waals surface area contributed by atoms with Crippen molar-refractivity contribution in [3.63, 3.8) is 0 Å². The van der Waals surface area contributed by atoms with Crippen LogP contribution in [0, 0.1) is 6.92 Å². The van der Waals surface area contributed by atoms with Gasteiger partial charge in [-0.15, -0.1) is 0 Å². The second-order valence-electron chi connectivity index (χ2n) is 6.39. The minimum Gasteiger partial charge on any atom is -0.366 e. The Bertz CT molecular complexity index is 796. The second-order valence-corrected chi connectivity index (χ2v) is 6.39. The molecule has 23 heavy (non-hydrogen) atoms. The van der Waals surface area contributed by atoms with Crippen molar-refractivity contribution in [2.45, 2.75) is 32.6 Å². The van der Waals surface area contributed by atoms with Gasteiger partial charge in [-0.25, -0.2) is 9.97 Å². The van der Waals surface area contributed by atoms with E-state index in [1.54, 1.807) is 0 Å². The summed E-state index contributed by atoms with van der Waals surface area (Å²) in [7, 11) is 0. The number of hydrogen-bond donors (Lipinski definition) is 1. The van der Waals surface area contributed by atoms with Gasteiger partial charge < -0.3 is 10.6 Å². The van der Waals surface area contributed by atoms with Crippen molar-refractivity contribution in [1.29, 1.82) is 0 Å². The number of amides is 1. The largest absolute Gasteiger partial charge is 0.366 e. The number of hydrogen-bond acceptors (Lipinski definition) is 4. The molecule has 118 valence electrons. The van der Waals surface area contributed by atoms with Gasteiger partial charge >= 0.3 is 0 Å². The van der Waals surface area contributed by atoms with Gasteiger partial charge in [0.1, 0.15) is 0 Å². The molecule has 4 rings (SSSR count). The maximum atomic E-state index is 11.7. The first-order valence-corrected chi connectivity index (χ1v) is 8.19. The van der Waals surface area contributed by atoms with Crippen LogP contribution < -0.4 is 10.6 Å². The fraction of sp³-hybridized carbons (Fsp3) is 0.389. The summed E-state index contributed by atoms with van der Waals surface area (Å²) in [6.45, 7) is 3.96. The van der Waals surface area contributed by atoms with E-state index in [1.165, 1.54) is 12.0 Å². The first-order valence-electron chi connectivity index (χ1n) is 8.19. The molecule has 0 bridgehead atoms. The molecule has 1 aliphatic carbocycles. The summed E-state index contributed by atoms with van der Waals surface area (Å²) < 4.78 is 0. The lowest BCUT2D eigenvalue weighted by atomic mass is 9.99. The molecule has 1 aromatic heterocycles. The van der Waals surface area contributed by atoms with Crippen LogP contribution in [0.1, 0.15) is 40.0 Å². The topological polar surface area (TPSA) is 72.1 Å². The van der Waals surface area contributed by atoms with Gasteiger partial charge in [0.05, 0.1) is 5.69 Å². The summed E-state index contributed by atoms with van der Waals surface area (Å²) in [6, 6.07) is 5.85. The minimum absolute atomic E-state index is 0.391. The van der Waals surface area contributed by atoms with Crippen LogP contribution >= 0.6 is 0 Å². The monoisotopic (exact) mass is 308 g/mol. The highest BCUT2D eigenvalue weighted by Crippen LogP contribution is 2.33. The zero-order valence-corrected chi connectivity index (χ0v) is 13.3. The van der Waals surface area contributed by atoms with Crippen LogP contribution in [-0.4, -0.2) is 29.0 Å². The van der Waals surface area contributed by atoms with Crippen LogP contribution in [0.25, 0.3) is 11.3 Å². The summed E-state index contributed by atoms with van der Waals surface area (Å²) >= 11 is 0. The zero-order valence-electron chi connectivity index (χ0n) is 13.3. The van der Waals surface area contributed by atoms with Crippen molar-refractivity contribution in [3.8, 4) is 11.3 Å². The molecular formula is C18H20N4O. The molecule has 0 saturated carbocycles. The molecule has 1 saturated heterocycles. The Morgan fingerprint density at radius 2 is 2.00 bits per heavy atom. The first-order chi connectivity index (χ1) is 11.1. The fourth-order valence-electron chi connectivity index (χ4n) is 3.35. The number of fused-ring (bicyclic) bond motifs is 1. The highest BCUT2D eigenvalue weighted by molar-refractivity contribution is 5.95. The molecule has 1 aliphatic heterocycles. The normalized spacial score (nSPS) is 16.1. The molecule has 0 unspecified atom stereocenters. The molecule has 5 heteroatoms. The summed E-state index contributed by atoms with van der Waals surface area (Å²) in [4.78, 5) is 23.5. The summed E-state index contributed by atoms with van der Waals surface area (Å²) in [5, 5.41) is 0. The van der Waals surface area contributed by atoms with E-state index in [4.69, 9.17) is 15.7 Å². The van der Waals surface area contributed by atoms with Crippen molar-refractivity contribution in [3.05, 3.63) is 40.6 Å². The maximum absolute atomic E-state index is 11.7. The molecule has 0 radical (unpaired) electrons. The molecule has 2 heterocycles. The van der Waals surface area contributed by atoms with E-state index >= 15 is 0 Å². The van der Waals surface area contributed by atoms with Crippen molar-refractivity contribution in [2.75, 3.05) is 18.0 Å². The van der Waals surface area contributed by atoms with E-state index in [-0.39, 0.29) is 0 Å². The lowest BCUT2D eigenvalue weighted by Gasteiger charge is -2.31. The third kappa shape index (κ3) is 2.36. The van der Waals surface area contributed by atoms with Gasteiger partial charge in [-0.3, -0.25) is 4.79 Å². The number of primary amides is 1. The molecule has 1 amide bonds. The number of rotatable bonds is 3. The zero-order chi connectivity index (χ0) is 16.0. The predicted molar refractivity (Wildman–Crippen MR) is 89.6 cm³/mol. The molecule has 2 aromatic rings. The van der Waals surface area contributed by atoms with Gasteiger partial charge in [0.15, 0.2) is 0 Å². The number of aryl methyl sites for hydroxylation is 2. The second kappa shape index (κ2) is 5.33. The van der Waals surface area contributed by atoms with Gasteiger partial charge in [-0.05, 0) is 44.2 Å². The van der Waals surface area contributed by atoms with E-state index in [0.717, 1.165) is 60.8 Å².